The molecule has 2 N–H and O–H groups in total. The van der Waals surface area contributed by atoms with Gasteiger partial charge in [0.25, 0.3) is 0 Å². The van der Waals surface area contributed by atoms with Crippen molar-refractivity contribution in [3.63, 3.8) is 0 Å². The lowest BCUT2D eigenvalue weighted by atomic mass is 10.1. The van der Waals surface area contributed by atoms with Gasteiger partial charge in [-0.15, -0.1) is 24.0 Å². The fourth-order valence-electron chi connectivity index (χ4n) is 3.47. The van der Waals surface area contributed by atoms with Gasteiger partial charge in [-0.2, -0.15) is 0 Å². The minimum Gasteiger partial charge on any atom is -0.444 e. The molecule has 3 rings (SSSR count). The zero-order valence-corrected chi connectivity index (χ0v) is 18.8. The monoisotopic (exact) mass is 479 g/mol. The number of guanidine groups is 1. The number of halogens is 1. The van der Waals surface area contributed by atoms with E-state index in [4.69, 9.17) is 4.74 Å². The molecule has 3 fully saturated rings. The number of hydrogen-bond donors (Lipinski definition) is 2. The molecule has 2 heterocycles. The van der Waals surface area contributed by atoms with E-state index < -0.39 is 5.60 Å². The number of amides is 1. The molecule has 0 aromatic heterocycles. The summed E-state index contributed by atoms with van der Waals surface area (Å²) >= 11 is 0. The Hall–Kier alpha value is -0.770. The molecule has 1 atom stereocenters. The van der Waals surface area contributed by atoms with Crippen molar-refractivity contribution >= 4 is 36.0 Å². The first kappa shape index (κ1) is 21.5. The summed E-state index contributed by atoms with van der Waals surface area (Å²) in [6.07, 6.45) is 3.81. The van der Waals surface area contributed by atoms with E-state index in [1.165, 1.54) is 32.4 Å². The van der Waals surface area contributed by atoms with Crippen LogP contribution in [0, 0.1) is 5.92 Å². The lowest BCUT2D eigenvalue weighted by Gasteiger charge is -2.40. The van der Waals surface area contributed by atoms with Crippen LogP contribution >= 0.6 is 24.0 Å². The van der Waals surface area contributed by atoms with Crippen molar-refractivity contribution in [3.05, 3.63) is 0 Å². The summed E-state index contributed by atoms with van der Waals surface area (Å²) in [5.74, 6) is 1.54. The minimum absolute atomic E-state index is 0. The Kier molecular flexibility index (Phi) is 7.41. The third kappa shape index (κ3) is 6.14. The maximum Gasteiger partial charge on any atom is 0.410 e. The highest BCUT2D eigenvalue weighted by Crippen LogP contribution is 2.31. The number of ether oxygens (including phenoxy) is 1. The number of nitrogens with one attached hydrogen (secondary N) is 2. The Morgan fingerprint density at radius 2 is 1.88 bits per heavy atom. The van der Waals surface area contributed by atoms with E-state index in [0.717, 1.165) is 18.5 Å². The third-order valence-corrected chi connectivity index (χ3v) is 5.04. The Morgan fingerprint density at radius 3 is 2.46 bits per heavy atom. The van der Waals surface area contributed by atoms with Crippen LogP contribution in [0.4, 0.5) is 4.79 Å². The second kappa shape index (κ2) is 8.95. The molecule has 8 heteroatoms. The highest BCUT2D eigenvalue weighted by molar-refractivity contribution is 14.0. The zero-order valence-electron chi connectivity index (χ0n) is 16.5. The van der Waals surface area contributed by atoms with Crippen LogP contribution in [0.1, 0.15) is 40.0 Å². The van der Waals surface area contributed by atoms with E-state index in [1.807, 2.05) is 20.8 Å². The average Bonchev–Trinajstić information content (AvgIpc) is 3.22. The van der Waals surface area contributed by atoms with Gasteiger partial charge in [-0.1, -0.05) is 0 Å². The third-order valence-electron chi connectivity index (χ3n) is 5.04. The summed E-state index contributed by atoms with van der Waals surface area (Å²) < 4.78 is 5.38. The molecule has 1 saturated carbocycles. The molecule has 1 unspecified atom stereocenters. The predicted molar refractivity (Wildman–Crippen MR) is 114 cm³/mol. The maximum absolute atomic E-state index is 12.0. The van der Waals surface area contributed by atoms with Crippen LogP contribution in [0.25, 0.3) is 0 Å². The van der Waals surface area contributed by atoms with Gasteiger partial charge in [0.15, 0.2) is 5.96 Å². The number of carbonyl (C=O) groups excluding carboxylic acids is 1. The number of nitrogens with zero attached hydrogens (tertiary/aromatic N) is 3. The molecule has 0 radical (unpaired) electrons. The molecule has 0 aromatic carbocycles. The van der Waals surface area contributed by atoms with E-state index in [2.05, 4.69) is 20.5 Å². The molecule has 2 saturated heterocycles. The van der Waals surface area contributed by atoms with Gasteiger partial charge in [-0.05, 0) is 52.5 Å². The number of likely N-dealkylation sites (tertiary alicyclic amines) is 2. The molecular weight excluding hydrogens is 445 g/mol. The second-order valence-electron chi connectivity index (χ2n) is 8.56. The molecule has 26 heavy (non-hydrogen) atoms. The SMILES string of the molecule is CN=C(NCC1CCN(C2CC2)C1)NC1CN(C(=O)OC(C)(C)C)C1.I. The normalized spacial score (nSPS) is 24.7. The molecule has 1 aliphatic carbocycles. The summed E-state index contributed by atoms with van der Waals surface area (Å²) in [7, 11) is 1.80. The molecule has 0 aromatic rings. The van der Waals surface area contributed by atoms with Crippen molar-refractivity contribution < 1.29 is 9.53 Å². The summed E-state index contributed by atoms with van der Waals surface area (Å²) in [6.45, 7) is 10.4. The van der Waals surface area contributed by atoms with Crippen LogP contribution in [0.5, 0.6) is 0 Å². The Balaban J connectivity index is 0.00000243. The summed E-state index contributed by atoms with van der Waals surface area (Å²) in [6, 6.07) is 1.11. The van der Waals surface area contributed by atoms with Gasteiger partial charge in [0.2, 0.25) is 0 Å². The second-order valence-corrected chi connectivity index (χ2v) is 8.56. The number of rotatable bonds is 4. The molecular formula is C18H34IN5O2. The first-order valence-electron chi connectivity index (χ1n) is 9.53. The first-order chi connectivity index (χ1) is 11.8. The lowest BCUT2D eigenvalue weighted by Crippen LogP contribution is -2.63. The van der Waals surface area contributed by atoms with Crippen molar-refractivity contribution in [2.45, 2.75) is 57.7 Å². The van der Waals surface area contributed by atoms with Crippen LogP contribution in [-0.4, -0.2) is 79.3 Å². The first-order valence-corrected chi connectivity index (χ1v) is 9.53. The van der Waals surface area contributed by atoms with Crippen molar-refractivity contribution in [2.75, 3.05) is 39.8 Å². The molecule has 1 amide bonds. The van der Waals surface area contributed by atoms with Gasteiger partial charge in [-0.3, -0.25) is 4.99 Å². The Labute approximate surface area is 174 Å². The van der Waals surface area contributed by atoms with Gasteiger partial charge in [-0.25, -0.2) is 4.79 Å². The van der Waals surface area contributed by atoms with Gasteiger partial charge in [0, 0.05) is 39.3 Å². The standard InChI is InChI=1S/C18H33N5O2.HI/c1-18(2,3)25-17(24)23-11-14(12-23)21-16(19-4)20-9-13-7-8-22(10-13)15-5-6-15;/h13-15H,5-12H2,1-4H3,(H2,19,20,21);1H. The fraction of sp³-hybridized carbons (Fsp3) is 0.889. The van der Waals surface area contributed by atoms with E-state index in [0.29, 0.717) is 19.0 Å². The van der Waals surface area contributed by atoms with Crippen LogP contribution < -0.4 is 10.6 Å². The van der Waals surface area contributed by atoms with Crippen molar-refractivity contribution in [2.24, 2.45) is 10.9 Å². The molecule has 3 aliphatic rings. The van der Waals surface area contributed by atoms with Crippen molar-refractivity contribution in [1.29, 1.82) is 0 Å². The van der Waals surface area contributed by atoms with Gasteiger partial charge < -0.3 is 25.2 Å². The summed E-state index contributed by atoms with van der Waals surface area (Å²) in [5.41, 5.74) is -0.442. The smallest absolute Gasteiger partial charge is 0.410 e. The quantitative estimate of drug-likeness (QED) is 0.366. The zero-order chi connectivity index (χ0) is 18.0. The highest BCUT2D eigenvalue weighted by atomic mass is 127. The number of carbonyl (C=O) groups is 1. The van der Waals surface area contributed by atoms with Crippen LogP contribution in [0.15, 0.2) is 4.99 Å². The predicted octanol–water partition coefficient (Wildman–Crippen LogP) is 1.87. The van der Waals surface area contributed by atoms with Gasteiger partial charge >= 0.3 is 6.09 Å². The van der Waals surface area contributed by atoms with Crippen LogP contribution in [0.2, 0.25) is 0 Å². The average molecular weight is 479 g/mol. The Bertz CT molecular complexity index is 512. The van der Waals surface area contributed by atoms with Crippen molar-refractivity contribution in [1.82, 2.24) is 20.4 Å². The van der Waals surface area contributed by atoms with Gasteiger partial charge in [0.05, 0.1) is 6.04 Å². The topological polar surface area (TPSA) is 69.2 Å². The van der Waals surface area contributed by atoms with Gasteiger partial charge in [0.1, 0.15) is 5.60 Å². The molecule has 0 bridgehead atoms. The highest BCUT2D eigenvalue weighted by Gasteiger charge is 2.35. The van der Waals surface area contributed by atoms with Crippen molar-refractivity contribution in [3.8, 4) is 0 Å². The van der Waals surface area contributed by atoms with E-state index in [9.17, 15) is 4.79 Å². The molecule has 150 valence electrons. The minimum atomic E-state index is -0.442. The van der Waals surface area contributed by atoms with E-state index in [-0.39, 0.29) is 36.1 Å². The fourth-order valence-corrected chi connectivity index (χ4v) is 3.47. The van der Waals surface area contributed by atoms with E-state index in [1.54, 1.807) is 11.9 Å². The van der Waals surface area contributed by atoms with Crippen LogP contribution in [0.3, 0.4) is 0 Å². The van der Waals surface area contributed by atoms with Crippen LogP contribution in [-0.2, 0) is 4.74 Å². The summed E-state index contributed by atoms with van der Waals surface area (Å²) in [4.78, 5) is 20.6. The Morgan fingerprint density at radius 1 is 1.19 bits per heavy atom. The van der Waals surface area contributed by atoms with E-state index >= 15 is 0 Å². The number of hydrogen-bond acceptors (Lipinski definition) is 4. The maximum atomic E-state index is 12.0. The lowest BCUT2D eigenvalue weighted by molar-refractivity contribution is 0.00701. The molecule has 0 spiro atoms. The largest absolute Gasteiger partial charge is 0.444 e. The molecule has 2 aliphatic heterocycles. The number of aliphatic imine (C=N–C) groups is 1. The summed E-state index contributed by atoms with van der Waals surface area (Å²) in [5, 5.41) is 6.85. The molecule has 7 nitrogen and oxygen atoms in total.